The number of rotatable bonds is 8. The van der Waals surface area contributed by atoms with Crippen LogP contribution in [0.4, 0.5) is 14.5 Å². The van der Waals surface area contributed by atoms with Crippen molar-refractivity contribution in [2.24, 2.45) is 0 Å². The Morgan fingerprint density at radius 1 is 0.943 bits per heavy atom. The van der Waals surface area contributed by atoms with Crippen molar-refractivity contribution >= 4 is 34.7 Å². The number of nitrogens with one attached hydrogen (secondary N) is 2. The number of carbonyl (C=O) groups is 3. The molecule has 4 rings (SSSR count). The molecule has 1 heterocycles. The van der Waals surface area contributed by atoms with Crippen molar-refractivity contribution in [2.75, 3.05) is 11.4 Å². The molecule has 2 aromatic carbocycles. The Bertz CT molecular complexity index is 1200. The quantitative estimate of drug-likeness (QED) is 0.478. The van der Waals surface area contributed by atoms with Gasteiger partial charge in [-0.3, -0.25) is 19.3 Å². The summed E-state index contributed by atoms with van der Waals surface area (Å²) in [6, 6.07) is 12.8. The molecule has 1 unspecified atom stereocenters. The minimum atomic E-state index is -1.47. The Kier molecular flexibility index (Phi) is 7.87. The number of hydrogen-bond donors (Lipinski definition) is 2. The van der Waals surface area contributed by atoms with Crippen molar-refractivity contribution in [3.63, 3.8) is 0 Å². The maximum Gasteiger partial charge on any atom is 0.261 e. The van der Waals surface area contributed by atoms with Crippen LogP contribution >= 0.6 is 11.3 Å². The van der Waals surface area contributed by atoms with E-state index in [9.17, 15) is 23.2 Å². The number of hydrogen-bond acceptors (Lipinski definition) is 4. The number of thiophene rings is 1. The van der Waals surface area contributed by atoms with Gasteiger partial charge < -0.3 is 10.6 Å². The number of anilines is 1. The Labute approximate surface area is 206 Å². The summed E-state index contributed by atoms with van der Waals surface area (Å²) < 4.78 is 29.9. The minimum absolute atomic E-state index is 0.0656. The van der Waals surface area contributed by atoms with E-state index >= 15 is 0 Å². The summed E-state index contributed by atoms with van der Waals surface area (Å²) in [6.07, 6.45) is 3.47. The average Bonchev–Trinajstić information content (AvgIpc) is 3.57. The van der Waals surface area contributed by atoms with E-state index in [0.29, 0.717) is 4.88 Å². The lowest BCUT2D eigenvalue weighted by Crippen LogP contribution is -2.49. The smallest absolute Gasteiger partial charge is 0.261 e. The number of carbonyl (C=O) groups excluding carboxylic acids is 3. The van der Waals surface area contributed by atoms with Crippen LogP contribution in [0.25, 0.3) is 0 Å². The van der Waals surface area contributed by atoms with Crippen LogP contribution in [0.1, 0.15) is 47.0 Å². The van der Waals surface area contributed by atoms with Gasteiger partial charge in [0.15, 0.2) is 0 Å². The molecule has 0 bridgehead atoms. The molecule has 1 aromatic heterocycles. The molecule has 9 heteroatoms. The van der Waals surface area contributed by atoms with Gasteiger partial charge >= 0.3 is 0 Å². The van der Waals surface area contributed by atoms with Crippen LogP contribution in [0.15, 0.2) is 66.0 Å². The maximum atomic E-state index is 15.0. The van der Waals surface area contributed by atoms with Crippen LogP contribution in [0.5, 0.6) is 0 Å². The molecular weight excluding hydrogens is 472 g/mol. The monoisotopic (exact) mass is 497 g/mol. The second kappa shape index (κ2) is 11.2. The summed E-state index contributed by atoms with van der Waals surface area (Å²) in [5.74, 6) is -3.28. The molecule has 0 radical (unpaired) electrons. The fourth-order valence-electron chi connectivity index (χ4n) is 4.25. The van der Waals surface area contributed by atoms with E-state index in [1.165, 1.54) is 47.7 Å². The van der Waals surface area contributed by atoms with Crippen molar-refractivity contribution in [1.82, 2.24) is 10.6 Å². The summed E-state index contributed by atoms with van der Waals surface area (Å²) in [7, 11) is 0. The first-order valence-electron chi connectivity index (χ1n) is 11.4. The topological polar surface area (TPSA) is 78.5 Å². The van der Waals surface area contributed by atoms with E-state index in [1.807, 2.05) is 0 Å². The lowest BCUT2D eigenvalue weighted by Gasteiger charge is -2.32. The minimum Gasteiger partial charge on any atom is -0.351 e. The first-order chi connectivity index (χ1) is 17.0. The van der Waals surface area contributed by atoms with Crippen LogP contribution in [0, 0.1) is 11.6 Å². The van der Waals surface area contributed by atoms with Crippen LogP contribution in [0.3, 0.4) is 0 Å². The summed E-state index contributed by atoms with van der Waals surface area (Å²) in [5.41, 5.74) is -0.248. The van der Waals surface area contributed by atoms with Gasteiger partial charge in [-0.25, -0.2) is 8.78 Å². The predicted octanol–water partition coefficient (Wildman–Crippen LogP) is 4.59. The number of benzene rings is 2. The molecule has 1 aliphatic carbocycles. The lowest BCUT2D eigenvalue weighted by atomic mass is 10.0. The van der Waals surface area contributed by atoms with Gasteiger partial charge in [-0.2, -0.15) is 0 Å². The van der Waals surface area contributed by atoms with E-state index < -0.39 is 41.9 Å². The van der Waals surface area contributed by atoms with E-state index in [2.05, 4.69) is 10.6 Å². The SMILES string of the molecule is O=C(NCC(=O)N(c1ccccc1F)C(C(=O)NC1CCCC1)c1ccccc1F)c1cccs1. The molecule has 3 amide bonds. The van der Waals surface area contributed by atoms with E-state index in [0.717, 1.165) is 36.6 Å². The highest BCUT2D eigenvalue weighted by molar-refractivity contribution is 7.12. The summed E-state index contributed by atoms with van der Waals surface area (Å²) in [5, 5.41) is 7.15. The van der Waals surface area contributed by atoms with Gasteiger partial charge in [0.1, 0.15) is 17.7 Å². The first kappa shape index (κ1) is 24.5. The normalized spacial score (nSPS) is 14.3. The highest BCUT2D eigenvalue weighted by atomic mass is 32.1. The zero-order valence-electron chi connectivity index (χ0n) is 18.9. The number of para-hydroxylation sites is 1. The maximum absolute atomic E-state index is 15.0. The molecule has 0 aliphatic heterocycles. The van der Waals surface area contributed by atoms with Crippen LogP contribution in [0.2, 0.25) is 0 Å². The highest BCUT2D eigenvalue weighted by Gasteiger charge is 2.37. The zero-order valence-corrected chi connectivity index (χ0v) is 19.7. The van der Waals surface area contributed by atoms with Crippen LogP contribution < -0.4 is 15.5 Å². The van der Waals surface area contributed by atoms with Crippen molar-refractivity contribution in [3.8, 4) is 0 Å². The standard InChI is InChI=1S/C26H25F2N3O3S/c27-19-11-4-3-10-18(19)24(26(34)30-17-8-1-2-9-17)31(21-13-6-5-12-20(21)28)23(32)16-29-25(33)22-14-7-15-35-22/h3-7,10-15,17,24H,1-2,8-9,16H2,(H,29,33)(H,30,34). The van der Waals surface area contributed by atoms with E-state index in [1.54, 1.807) is 23.6 Å². The Morgan fingerprint density at radius 3 is 2.29 bits per heavy atom. The van der Waals surface area contributed by atoms with Gasteiger partial charge in [0.05, 0.1) is 17.1 Å². The molecular formula is C26H25F2N3O3S. The summed E-state index contributed by atoms with van der Waals surface area (Å²) in [4.78, 5) is 40.8. The Hall–Kier alpha value is -3.59. The van der Waals surface area contributed by atoms with Crippen LogP contribution in [-0.4, -0.2) is 30.3 Å². The first-order valence-corrected chi connectivity index (χ1v) is 12.3. The van der Waals surface area contributed by atoms with Crippen molar-refractivity contribution in [2.45, 2.75) is 37.8 Å². The molecule has 1 aliphatic rings. The third-order valence-corrected chi connectivity index (χ3v) is 6.80. The van der Waals surface area contributed by atoms with Gasteiger partial charge in [0, 0.05) is 11.6 Å². The number of halogens is 2. The average molecular weight is 498 g/mol. The fraction of sp³-hybridized carbons (Fsp3) is 0.269. The van der Waals surface area contributed by atoms with Crippen molar-refractivity contribution in [1.29, 1.82) is 0 Å². The Morgan fingerprint density at radius 2 is 1.63 bits per heavy atom. The van der Waals surface area contributed by atoms with E-state index in [-0.39, 0.29) is 17.3 Å². The molecule has 1 saturated carbocycles. The molecule has 182 valence electrons. The molecule has 0 saturated heterocycles. The Balaban J connectivity index is 1.71. The lowest BCUT2D eigenvalue weighted by molar-refractivity contribution is -0.126. The summed E-state index contributed by atoms with van der Waals surface area (Å²) in [6.45, 7) is -0.507. The zero-order chi connectivity index (χ0) is 24.8. The van der Waals surface area contributed by atoms with Gasteiger partial charge in [-0.05, 0) is 42.5 Å². The molecule has 6 nitrogen and oxygen atoms in total. The number of nitrogens with zero attached hydrogens (tertiary/aromatic N) is 1. The largest absolute Gasteiger partial charge is 0.351 e. The molecule has 1 atom stereocenters. The third-order valence-electron chi connectivity index (χ3n) is 5.93. The number of amides is 3. The predicted molar refractivity (Wildman–Crippen MR) is 130 cm³/mol. The molecule has 0 spiro atoms. The fourth-order valence-corrected chi connectivity index (χ4v) is 4.89. The van der Waals surface area contributed by atoms with Crippen molar-refractivity contribution in [3.05, 3.63) is 88.1 Å². The van der Waals surface area contributed by atoms with Gasteiger partial charge in [-0.1, -0.05) is 49.2 Å². The third kappa shape index (κ3) is 5.74. The summed E-state index contributed by atoms with van der Waals surface area (Å²) >= 11 is 1.21. The van der Waals surface area contributed by atoms with Gasteiger partial charge in [-0.15, -0.1) is 11.3 Å². The second-order valence-electron chi connectivity index (χ2n) is 8.29. The molecule has 3 aromatic rings. The molecule has 1 fully saturated rings. The molecule has 35 heavy (non-hydrogen) atoms. The van der Waals surface area contributed by atoms with Crippen LogP contribution in [-0.2, 0) is 9.59 Å². The molecule has 2 N–H and O–H groups in total. The van der Waals surface area contributed by atoms with Gasteiger partial charge in [0.25, 0.3) is 5.91 Å². The second-order valence-corrected chi connectivity index (χ2v) is 9.24. The van der Waals surface area contributed by atoms with Crippen molar-refractivity contribution < 1.29 is 23.2 Å². The van der Waals surface area contributed by atoms with E-state index in [4.69, 9.17) is 0 Å². The van der Waals surface area contributed by atoms with Gasteiger partial charge in [0.2, 0.25) is 11.8 Å². The highest BCUT2D eigenvalue weighted by Crippen LogP contribution is 2.32.